The Morgan fingerprint density at radius 3 is 2.43 bits per heavy atom. The number of carbonyl (C=O) groups excluding carboxylic acids is 1. The third-order valence-corrected chi connectivity index (χ3v) is 2.06. The van der Waals surface area contributed by atoms with Crippen LogP contribution in [0.5, 0.6) is 0 Å². The van der Waals surface area contributed by atoms with Gasteiger partial charge in [-0.15, -0.1) is 0 Å². The van der Waals surface area contributed by atoms with Gasteiger partial charge in [0, 0.05) is 0 Å². The quantitative estimate of drug-likeness (QED) is 0.425. The maximum absolute atomic E-state index is 10.1. The average molecular weight is 109 g/mol. The molecule has 0 spiro atoms. The van der Waals surface area contributed by atoms with Crippen LogP contribution < -0.4 is 5.73 Å². The Morgan fingerprint density at radius 2 is 2.43 bits per heavy atom. The molecule has 34 valence electrons. The van der Waals surface area contributed by atoms with Crippen molar-refractivity contribution in [2.24, 2.45) is 5.73 Å². The van der Waals surface area contributed by atoms with E-state index in [2.05, 4.69) is 0 Å². The summed E-state index contributed by atoms with van der Waals surface area (Å²) in [5, 5.41) is 0. The molecular formula is C4H4AlNO. The number of hydrogen-bond donors (Lipinski definition) is 1. The Hall–Kier alpha value is -0.388. The summed E-state index contributed by atoms with van der Waals surface area (Å²) >= 11 is 0.144. The average Bonchev–Trinajstić information content (AvgIpc) is 1.23. The van der Waals surface area contributed by atoms with Crippen LogP contribution in [-0.4, -0.2) is 25.1 Å². The van der Waals surface area contributed by atoms with E-state index in [9.17, 15) is 4.79 Å². The van der Waals surface area contributed by atoms with E-state index in [0.717, 1.165) is 4.38 Å². The van der Waals surface area contributed by atoms with Gasteiger partial charge in [0.25, 0.3) is 0 Å². The van der Waals surface area contributed by atoms with Crippen LogP contribution in [0.1, 0.15) is 0 Å². The fourth-order valence-corrected chi connectivity index (χ4v) is 0.906. The molecule has 7 heavy (non-hydrogen) atoms. The molecule has 0 saturated heterocycles. The van der Waals surface area contributed by atoms with Crippen LogP contribution in [0.3, 0.4) is 0 Å². The summed E-state index contributed by atoms with van der Waals surface area (Å²) in [7, 11) is 0. The van der Waals surface area contributed by atoms with Crippen LogP contribution in [0, 0.1) is 0 Å². The summed E-state index contributed by atoms with van der Waals surface area (Å²) in [6.45, 7) is 0. The van der Waals surface area contributed by atoms with Gasteiger partial charge < -0.3 is 0 Å². The van der Waals surface area contributed by atoms with Crippen molar-refractivity contribution < 1.29 is 4.79 Å². The summed E-state index contributed by atoms with van der Waals surface area (Å²) in [5.74, 6) is -0.252. The first-order valence-corrected chi connectivity index (χ1v) is 3.23. The topological polar surface area (TPSA) is 43.1 Å². The van der Waals surface area contributed by atoms with Crippen LogP contribution >= 0.6 is 0 Å². The first-order valence-electron chi connectivity index (χ1n) is 1.99. The molecule has 1 aliphatic heterocycles. The first kappa shape index (κ1) is 4.76. The molecule has 0 radical (unpaired) electrons. The molecule has 1 rings (SSSR count). The third-order valence-electron chi connectivity index (χ3n) is 0.836. The fourth-order valence-electron chi connectivity index (χ4n) is 0.357. The van der Waals surface area contributed by atoms with E-state index in [1.165, 1.54) is 0 Å². The maximum atomic E-state index is 10.1. The molecule has 3 heteroatoms. The zero-order valence-electron chi connectivity index (χ0n) is 3.72. The number of rotatable bonds is 1. The van der Waals surface area contributed by atoms with Gasteiger partial charge >= 0.3 is 46.6 Å². The summed E-state index contributed by atoms with van der Waals surface area (Å²) < 4.78 is 0.819. The van der Waals surface area contributed by atoms with Gasteiger partial charge in [-0.05, 0) is 0 Å². The second-order valence-electron chi connectivity index (χ2n) is 1.35. The van der Waals surface area contributed by atoms with Gasteiger partial charge in [-0.2, -0.15) is 0 Å². The van der Waals surface area contributed by atoms with Crippen LogP contribution in [0.25, 0.3) is 0 Å². The molecular weight excluding hydrogens is 105 g/mol. The minimum absolute atomic E-state index is 0.144. The van der Waals surface area contributed by atoms with Crippen molar-refractivity contribution in [2.75, 3.05) is 0 Å². The molecule has 0 aromatic carbocycles. The minimum atomic E-state index is -0.252. The predicted molar refractivity (Wildman–Crippen MR) is 29.1 cm³/mol. The van der Waals surface area contributed by atoms with E-state index >= 15 is 0 Å². The predicted octanol–water partition coefficient (Wildman–Crippen LogP) is -1.12. The molecule has 2 N–H and O–H groups in total. The Bertz CT molecular complexity index is 159. The Labute approximate surface area is 47.3 Å². The summed E-state index contributed by atoms with van der Waals surface area (Å²) in [6, 6.07) is 0. The van der Waals surface area contributed by atoms with E-state index in [0.29, 0.717) is 0 Å². The molecule has 1 amide bonds. The molecule has 0 aromatic heterocycles. The summed E-state index contributed by atoms with van der Waals surface area (Å²) in [5.41, 5.74) is 4.89. The zero-order valence-corrected chi connectivity index (χ0v) is 4.87. The molecule has 0 aromatic rings. The molecule has 0 aliphatic carbocycles. The van der Waals surface area contributed by atoms with Crippen LogP contribution in [0.4, 0.5) is 0 Å². The van der Waals surface area contributed by atoms with Crippen LogP contribution in [0.2, 0.25) is 0 Å². The normalized spacial score (nSPS) is 14.0. The number of amides is 1. The first-order chi connectivity index (χ1) is 3.30. The van der Waals surface area contributed by atoms with Crippen molar-refractivity contribution in [3.63, 3.8) is 0 Å². The molecule has 1 heterocycles. The monoisotopic (exact) mass is 109 g/mol. The van der Waals surface area contributed by atoms with Crippen molar-refractivity contribution in [1.82, 2.24) is 0 Å². The molecule has 0 atom stereocenters. The Kier molecular flexibility index (Phi) is 1.10. The molecule has 0 bridgehead atoms. The van der Waals surface area contributed by atoms with Gasteiger partial charge in [0.15, 0.2) is 0 Å². The standard InChI is InChI=1S/C4H4NO.Al/c1-2-3-4(5)6;/h1-2H,(H2,5,6);. The number of nitrogens with two attached hydrogens (primary N) is 1. The molecule has 2 nitrogen and oxygen atoms in total. The molecule has 0 unspecified atom stereocenters. The summed E-state index contributed by atoms with van der Waals surface area (Å²) in [6.07, 6.45) is 1.78. The van der Waals surface area contributed by atoms with Gasteiger partial charge in [0.2, 0.25) is 0 Å². The number of carbonyl (C=O) groups is 1. The van der Waals surface area contributed by atoms with E-state index < -0.39 is 0 Å². The van der Waals surface area contributed by atoms with Gasteiger partial charge in [-0.3, -0.25) is 0 Å². The third kappa shape index (κ3) is 0.793. The van der Waals surface area contributed by atoms with Crippen molar-refractivity contribution in [1.29, 1.82) is 0 Å². The SMILES string of the molecule is NC(=O)[C]1=[Al][CH]=C1. The van der Waals surface area contributed by atoms with Crippen LogP contribution in [0.15, 0.2) is 11.0 Å². The number of hydrogen-bond acceptors (Lipinski definition) is 1. The van der Waals surface area contributed by atoms with E-state index in [1.54, 1.807) is 6.08 Å². The van der Waals surface area contributed by atoms with E-state index in [1.807, 2.05) is 4.94 Å². The van der Waals surface area contributed by atoms with Gasteiger partial charge in [-0.25, -0.2) is 0 Å². The fraction of sp³-hybridized carbons (Fsp3) is 0. The van der Waals surface area contributed by atoms with E-state index in [-0.39, 0.29) is 20.7 Å². The van der Waals surface area contributed by atoms with Crippen molar-refractivity contribution >= 4 is 25.1 Å². The number of primary amides is 1. The van der Waals surface area contributed by atoms with Crippen molar-refractivity contribution in [3.8, 4) is 0 Å². The van der Waals surface area contributed by atoms with Gasteiger partial charge in [0.1, 0.15) is 0 Å². The van der Waals surface area contributed by atoms with Crippen molar-refractivity contribution in [2.45, 2.75) is 0 Å². The summed E-state index contributed by atoms with van der Waals surface area (Å²) in [4.78, 5) is 12.1. The zero-order chi connectivity index (χ0) is 5.28. The van der Waals surface area contributed by atoms with Gasteiger partial charge in [0.05, 0.1) is 0 Å². The second-order valence-corrected chi connectivity index (χ2v) is 2.69. The Morgan fingerprint density at radius 1 is 1.86 bits per heavy atom. The molecule has 1 aliphatic rings. The van der Waals surface area contributed by atoms with Crippen LogP contribution in [-0.2, 0) is 4.79 Å². The Balaban J connectivity index is 2.60. The second kappa shape index (κ2) is 1.61. The van der Waals surface area contributed by atoms with Crippen molar-refractivity contribution in [3.05, 3.63) is 11.0 Å². The van der Waals surface area contributed by atoms with Gasteiger partial charge in [-0.1, -0.05) is 0 Å². The molecule has 0 saturated carbocycles. The van der Waals surface area contributed by atoms with E-state index in [4.69, 9.17) is 5.73 Å². The molecule has 0 fully saturated rings.